The van der Waals surface area contributed by atoms with Gasteiger partial charge in [0.15, 0.2) is 0 Å². The van der Waals surface area contributed by atoms with E-state index in [9.17, 15) is 4.79 Å². The second-order valence-electron chi connectivity index (χ2n) is 10.6. The molecule has 1 saturated heterocycles. The van der Waals surface area contributed by atoms with E-state index in [1.165, 1.54) is 47.7 Å². The fraction of sp³-hybridized carbons (Fsp3) is 0.607. The SMILES string of the molecule is C=CCN1C[C@H](C(=O)OC2CCCCCC2)C[C@@H]2c3cccc4c3c(cn4CCC)C[C@H]21.O=S(=O)(O)O. The zero-order valence-corrected chi connectivity index (χ0v) is 22.5. The number of esters is 1. The Morgan fingerprint density at radius 1 is 1.19 bits per heavy atom. The molecule has 0 amide bonds. The normalized spacial score (nSPS) is 24.5. The second kappa shape index (κ2) is 12.1. The first-order chi connectivity index (χ1) is 17.7. The molecular weight excluding hydrogens is 492 g/mol. The summed E-state index contributed by atoms with van der Waals surface area (Å²) < 4.78 is 40.1. The number of aromatic nitrogens is 1. The Morgan fingerprint density at radius 2 is 1.89 bits per heavy atom. The number of aryl methyl sites for hydroxylation is 1. The molecule has 5 rings (SSSR count). The lowest BCUT2D eigenvalue weighted by Crippen LogP contribution is -2.51. The summed E-state index contributed by atoms with van der Waals surface area (Å²) in [4.78, 5) is 15.8. The van der Waals surface area contributed by atoms with Crippen LogP contribution in [0.25, 0.3) is 10.9 Å². The van der Waals surface area contributed by atoms with Crippen LogP contribution in [0.3, 0.4) is 0 Å². The Labute approximate surface area is 220 Å². The summed E-state index contributed by atoms with van der Waals surface area (Å²) in [6, 6.07) is 7.22. The van der Waals surface area contributed by atoms with Crippen LogP contribution in [0.5, 0.6) is 0 Å². The number of carbonyl (C=O) groups excluding carboxylic acids is 1. The van der Waals surface area contributed by atoms with Gasteiger partial charge in [-0.1, -0.05) is 38.0 Å². The Hall–Kier alpha value is -2.20. The Kier molecular flexibility index (Phi) is 9.11. The average molecular weight is 533 g/mol. The van der Waals surface area contributed by atoms with E-state index in [1.54, 1.807) is 0 Å². The van der Waals surface area contributed by atoms with Gasteiger partial charge in [0, 0.05) is 48.7 Å². The summed E-state index contributed by atoms with van der Waals surface area (Å²) in [6.07, 6.45) is 14.6. The van der Waals surface area contributed by atoms with Crippen LogP contribution in [0, 0.1) is 5.92 Å². The molecule has 0 radical (unpaired) electrons. The van der Waals surface area contributed by atoms with E-state index >= 15 is 0 Å². The highest BCUT2D eigenvalue weighted by Crippen LogP contribution is 2.45. The van der Waals surface area contributed by atoms with E-state index in [-0.39, 0.29) is 18.0 Å². The van der Waals surface area contributed by atoms with Crippen molar-refractivity contribution in [2.45, 2.75) is 89.3 Å². The lowest BCUT2D eigenvalue weighted by atomic mass is 9.72. The van der Waals surface area contributed by atoms with Crippen LogP contribution < -0.4 is 0 Å². The first-order valence-corrected chi connectivity index (χ1v) is 14.9. The highest BCUT2D eigenvalue weighted by atomic mass is 32.3. The summed E-state index contributed by atoms with van der Waals surface area (Å²) in [7, 11) is -4.67. The van der Waals surface area contributed by atoms with Crippen LogP contribution in [0.15, 0.2) is 37.1 Å². The zero-order chi connectivity index (χ0) is 26.6. The zero-order valence-electron chi connectivity index (χ0n) is 21.7. The number of piperidine rings is 1. The summed E-state index contributed by atoms with van der Waals surface area (Å²) in [5.74, 6) is 0.365. The van der Waals surface area contributed by atoms with Crippen molar-refractivity contribution in [3.05, 3.63) is 48.2 Å². The standard InChI is InChI=1S/C28H38N2O2.H2O4S/c1-3-14-29-18-20-17-26-24(23-12-9-13-25(29)27(20)23)16-21(19-30(26)15-4-2)28(31)32-22-10-7-5-6-8-11-22;1-5(2,3)4/h4,9,12-13,18,21-22,24,26H,2-3,5-8,10-11,14-17,19H2,1H3;(H2,1,2,3,4)/t21-,24-,26-;/m1./s1. The third-order valence-corrected chi connectivity index (χ3v) is 8.02. The smallest absolute Gasteiger partial charge is 0.394 e. The lowest BCUT2D eigenvalue weighted by Gasteiger charge is -2.46. The van der Waals surface area contributed by atoms with Crippen molar-refractivity contribution < 1.29 is 27.1 Å². The van der Waals surface area contributed by atoms with Gasteiger partial charge < -0.3 is 9.30 Å². The third-order valence-electron chi connectivity index (χ3n) is 8.02. The molecule has 2 aliphatic carbocycles. The van der Waals surface area contributed by atoms with Gasteiger partial charge in [-0.2, -0.15) is 8.42 Å². The van der Waals surface area contributed by atoms with E-state index in [1.807, 2.05) is 6.08 Å². The quantitative estimate of drug-likeness (QED) is 0.228. The van der Waals surface area contributed by atoms with E-state index in [4.69, 9.17) is 22.3 Å². The number of ether oxygens (including phenoxy) is 1. The number of benzene rings is 1. The summed E-state index contributed by atoms with van der Waals surface area (Å²) >= 11 is 0. The largest absolute Gasteiger partial charge is 0.462 e. The first kappa shape index (κ1) is 27.8. The molecule has 1 aliphatic heterocycles. The minimum absolute atomic E-state index is 0.0333. The molecule has 1 aromatic carbocycles. The van der Waals surface area contributed by atoms with Crippen molar-refractivity contribution in [2.24, 2.45) is 5.92 Å². The minimum atomic E-state index is -4.67. The van der Waals surface area contributed by atoms with Gasteiger partial charge in [-0.25, -0.2) is 0 Å². The second-order valence-corrected chi connectivity index (χ2v) is 11.5. The molecule has 3 aliphatic rings. The van der Waals surface area contributed by atoms with Gasteiger partial charge in [-0.3, -0.25) is 18.8 Å². The average Bonchev–Trinajstić information content (AvgIpc) is 3.00. The number of hydrogen-bond acceptors (Lipinski definition) is 5. The molecule has 2 heterocycles. The molecule has 1 saturated carbocycles. The van der Waals surface area contributed by atoms with Gasteiger partial charge in [0.2, 0.25) is 0 Å². The lowest BCUT2D eigenvalue weighted by molar-refractivity contribution is -0.157. The Morgan fingerprint density at radius 3 is 2.54 bits per heavy atom. The van der Waals surface area contributed by atoms with Gasteiger partial charge >= 0.3 is 16.4 Å². The van der Waals surface area contributed by atoms with Gasteiger partial charge in [0.1, 0.15) is 6.10 Å². The highest BCUT2D eigenvalue weighted by molar-refractivity contribution is 7.79. The van der Waals surface area contributed by atoms with Crippen molar-refractivity contribution in [2.75, 3.05) is 13.1 Å². The predicted octanol–water partition coefficient (Wildman–Crippen LogP) is 5.18. The molecule has 0 unspecified atom stereocenters. The fourth-order valence-electron chi connectivity index (χ4n) is 6.57. The Balaban J connectivity index is 0.000000586. The third kappa shape index (κ3) is 6.82. The molecule has 37 heavy (non-hydrogen) atoms. The maximum Gasteiger partial charge on any atom is 0.394 e. The first-order valence-electron chi connectivity index (χ1n) is 13.6. The van der Waals surface area contributed by atoms with Crippen molar-refractivity contribution in [1.82, 2.24) is 9.47 Å². The number of hydrogen-bond donors (Lipinski definition) is 2. The van der Waals surface area contributed by atoms with Crippen molar-refractivity contribution in [1.29, 1.82) is 0 Å². The highest BCUT2D eigenvalue weighted by Gasteiger charge is 2.43. The fourth-order valence-corrected chi connectivity index (χ4v) is 6.57. The van der Waals surface area contributed by atoms with Crippen LogP contribution in [-0.2, 0) is 32.9 Å². The van der Waals surface area contributed by atoms with Gasteiger partial charge in [-0.15, -0.1) is 6.58 Å². The van der Waals surface area contributed by atoms with Crippen molar-refractivity contribution >= 4 is 27.3 Å². The predicted molar refractivity (Wildman–Crippen MR) is 144 cm³/mol. The van der Waals surface area contributed by atoms with Crippen LogP contribution >= 0.6 is 0 Å². The van der Waals surface area contributed by atoms with E-state index in [2.05, 4.69) is 47.4 Å². The maximum absolute atomic E-state index is 13.3. The minimum Gasteiger partial charge on any atom is -0.462 e. The summed E-state index contributed by atoms with van der Waals surface area (Å²) in [6.45, 7) is 8.93. The summed E-state index contributed by atoms with van der Waals surface area (Å²) in [5.41, 5.74) is 4.26. The molecule has 2 aromatic rings. The van der Waals surface area contributed by atoms with Crippen LogP contribution in [0.4, 0.5) is 0 Å². The van der Waals surface area contributed by atoms with E-state index < -0.39 is 10.4 Å². The number of likely N-dealkylation sites (tertiary alicyclic amines) is 1. The number of fused-ring (bicyclic) bond motifs is 2. The molecule has 3 atom stereocenters. The molecule has 0 bridgehead atoms. The number of carbonyl (C=O) groups is 1. The van der Waals surface area contributed by atoms with Gasteiger partial charge in [0.25, 0.3) is 0 Å². The van der Waals surface area contributed by atoms with Crippen LogP contribution in [0.2, 0.25) is 0 Å². The molecule has 1 aromatic heterocycles. The van der Waals surface area contributed by atoms with Crippen molar-refractivity contribution in [3.63, 3.8) is 0 Å². The molecule has 204 valence electrons. The molecule has 9 heteroatoms. The summed E-state index contributed by atoms with van der Waals surface area (Å²) in [5, 5.41) is 1.44. The number of nitrogens with zero attached hydrogens (tertiary/aromatic N) is 2. The van der Waals surface area contributed by atoms with E-state index in [0.717, 1.165) is 51.7 Å². The molecule has 8 nitrogen and oxygen atoms in total. The van der Waals surface area contributed by atoms with Crippen molar-refractivity contribution in [3.8, 4) is 0 Å². The topological polar surface area (TPSA) is 109 Å². The van der Waals surface area contributed by atoms with Gasteiger partial charge in [-0.05, 0) is 62.1 Å². The van der Waals surface area contributed by atoms with Crippen LogP contribution in [-0.4, -0.2) is 58.2 Å². The van der Waals surface area contributed by atoms with Gasteiger partial charge in [0.05, 0.1) is 5.92 Å². The Bertz CT molecular complexity index is 1190. The van der Waals surface area contributed by atoms with Crippen LogP contribution in [0.1, 0.15) is 75.3 Å². The number of rotatable bonds is 6. The maximum atomic E-state index is 13.3. The molecular formula is C28H40N2O6S. The molecule has 2 N–H and O–H groups in total. The van der Waals surface area contributed by atoms with E-state index in [0.29, 0.717) is 12.0 Å². The monoisotopic (exact) mass is 532 g/mol. The molecule has 0 spiro atoms. The molecule has 2 fully saturated rings.